The summed E-state index contributed by atoms with van der Waals surface area (Å²) in [6.07, 6.45) is 1.54. The maximum atomic E-state index is 12.0. The maximum Gasteiger partial charge on any atom is 0.265 e. The highest BCUT2D eigenvalue weighted by Gasteiger charge is 2.19. The molecule has 2 aromatic rings. The second-order valence-electron chi connectivity index (χ2n) is 3.55. The molecule has 0 saturated heterocycles. The minimum Gasteiger partial charge on any atom is -0.397 e. The van der Waals surface area contributed by atoms with E-state index in [4.69, 9.17) is 10.8 Å². The molecule has 2 rings (SSSR count). The van der Waals surface area contributed by atoms with Gasteiger partial charge in [-0.05, 0) is 6.07 Å². The number of hydrogen-bond acceptors (Lipinski definition) is 6. The van der Waals surface area contributed by atoms with Gasteiger partial charge in [-0.15, -0.1) is 16.4 Å². The van der Waals surface area contributed by atoms with Crippen LogP contribution in [0.3, 0.4) is 0 Å². The number of rotatable bonds is 3. The zero-order valence-corrected chi connectivity index (χ0v) is 10.1. The van der Waals surface area contributed by atoms with Crippen molar-refractivity contribution in [3.05, 3.63) is 17.1 Å². The molecule has 0 spiro atoms. The molecular weight excluding hydrogens is 240 g/mol. The maximum absolute atomic E-state index is 12.0. The second-order valence-corrected chi connectivity index (χ2v) is 4.54. The molecule has 17 heavy (non-hydrogen) atoms. The Labute approximate surface area is 102 Å². The van der Waals surface area contributed by atoms with Gasteiger partial charge in [-0.1, -0.05) is 0 Å². The first-order valence-electron chi connectivity index (χ1n) is 5.01. The third-order valence-corrected chi connectivity index (χ3v) is 3.49. The first-order valence-corrected chi connectivity index (χ1v) is 5.82. The van der Waals surface area contributed by atoms with E-state index in [0.717, 1.165) is 5.39 Å². The quantitative estimate of drug-likeness (QED) is 0.821. The number of thiophene rings is 1. The van der Waals surface area contributed by atoms with Gasteiger partial charge in [0.1, 0.15) is 9.71 Å². The molecule has 0 aliphatic heterocycles. The highest BCUT2D eigenvalue weighted by Crippen LogP contribution is 2.32. The summed E-state index contributed by atoms with van der Waals surface area (Å²) in [6, 6.07) is 1.73. The first-order chi connectivity index (χ1) is 8.15. The molecule has 90 valence electrons. The molecule has 6 nitrogen and oxygen atoms in total. The number of aliphatic hydroxyl groups excluding tert-OH is 1. The van der Waals surface area contributed by atoms with E-state index < -0.39 is 0 Å². The van der Waals surface area contributed by atoms with Crippen molar-refractivity contribution in [1.82, 2.24) is 15.1 Å². The molecule has 7 heteroatoms. The molecule has 0 fully saturated rings. The van der Waals surface area contributed by atoms with Crippen LogP contribution < -0.4 is 5.73 Å². The van der Waals surface area contributed by atoms with Gasteiger partial charge in [0.25, 0.3) is 5.91 Å². The SMILES string of the molecule is CN(CCO)C(=O)c1sc2nnccc2c1N. The van der Waals surface area contributed by atoms with Crippen LogP contribution >= 0.6 is 11.3 Å². The average Bonchev–Trinajstić information content (AvgIpc) is 2.67. The monoisotopic (exact) mass is 252 g/mol. The van der Waals surface area contributed by atoms with Crippen LogP contribution in [0.15, 0.2) is 12.3 Å². The summed E-state index contributed by atoms with van der Waals surface area (Å²) < 4.78 is 0. The van der Waals surface area contributed by atoms with Gasteiger partial charge in [0, 0.05) is 19.0 Å². The Kier molecular flexibility index (Phi) is 3.21. The number of aromatic nitrogens is 2. The van der Waals surface area contributed by atoms with Crippen LogP contribution in [0, 0.1) is 0 Å². The van der Waals surface area contributed by atoms with E-state index in [-0.39, 0.29) is 19.1 Å². The van der Waals surface area contributed by atoms with Gasteiger partial charge in [-0.25, -0.2) is 0 Å². The molecule has 0 radical (unpaired) electrons. The lowest BCUT2D eigenvalue weighted by atomic mass is 10.2. The van der Waals surface area contributed by atoms with Crippen molar-refractivity contribution in [3.63, 3.8) is 0 Å². The number of nitrogens with zero attached hydrogens (tertiary/aromatic N) is 3. The van der Waals surface area contributed by atoms with Crippen molar-refractivity contribution in [3.8, 4) is 0 Å². The molecule has 1 amide bonds. The fourth-order valence-corrected chi connectivity index (χ4v) is 2.49. The minimum atomic E-state index is -0.209. The van der Waals surface area contributed by atoms with Gasteiger partial charge in [0.2, 0.25) is 0 Å². The molecular formula is C10H12N4O2S. The van der Waals surface area contributed by atoms with Gasteiger partial charge in [-0.2, -0.15) is 5.10 Å². The van der Waals surface area contributed by atoms with Crippen molar-refractivity contribution in [2.75, 3.05) is 25.9 Å². The number of amides is 1. The fourth-order valence-electron chi connectivity index (χ4n) is 1.46. The predicted octanol–water partition coefficient (Wildman–Crippen LogP) is 0.338. The number of nitrogen functional groups attached to an aromatic ring is 1. The van der Waals surface area contributed by atoms with Crippen LogP contribution in [0.1, 0.15) is 9.67 Å². The van der Waals surface area contributed by atoms with Crippen molar-refractivity contribution in [1.29, 1.82) is 0 Å². The molecule has 0 unspecified atom stereocenters. The smallest absolute Gasteiger partial charge is 0.265 e. The first kappa shape index (κ1) is 11.7. The summed E-state index contributed by atoms with van der Waals surface area (Å²) in [4.78, 5) is 14.5. The molecule has 3 N–H and O–H groups in total. The van der Waals surface area contributed by atoms with E-state index in [1.165, 1.54) is 22.4 Å². The van der Waals surface area contributed by atoms with E-state index in [1.807, 2.05) is 0 Å². The van der Waals surface area contributed by atoms with Gasteiger partial charge in [0.15, 0.2) is 0 Å². The van der Waals surface area contributed by atoms with Crippen molar-refractivity contribution in [2.24, 2.45) is 0 Å². The number of anilines is 1. The summed E-state index contributed by atoms with van der Waals surface area (Å²) in [5, 5.41) is 17.2. The van der Waals surface area contributed by atoms with Crippen molar-refractivity contribution >= 4 is 33.1 Å². The van der Waals surface area contributed by atoms with Crippen LogP contribution in [0.2, 0.25) is 0 Å². The van der Waals surface area contributed by atoms with Gasteiger partial charge >= 0.3 is 0 Å². The lowest BCUT2D eigenvalue weighted by Crippen LogP contribution is -2.29. The van der Waals surface area contributed by atoms with E-state index in [1.54, 1.807) is 13.1 Å². The Morgan fingerprint density at radius 2 is 2.41 bits per heavy atom. The topological polar surface area (TPSA) is 92.3 Å². The number of fused-ring (bicyclic) bond motifs is 1. The molecule has 2 aromatic heterocycles. The number of nitrogens with two attached hydrogens (primary N) is 1. The number of aliphatic hydroxyl groups is 1. The Balaban J connectivity index is 2.42. The van der Waals surface area contributed by atoms with Crippen LogP contribution in [0.4, 0.5) is 5.69 Å². The summed E-state index contributed by atoms with van der Waals surface area (Å²) in [5.74, 6) is -0.209. The highest BCUT2D eigenvalue weighted by atomic mass is 32.1. The summed E-state index contributed by atoms with van der Waals surface area (Å²) in [5.41, 5.74) is 6.33. The van der Waals surface area contributed by atoms with Crippen LogP contribution in [-0.2, 0) is 0 Å². The predicted molar refractivity (Wildman–Crippen MR) is 65.9 cm³/mol. The zero-order valence-electron chi connectivity index (χ0n) is 9.25. The number of likely N-dealkylation sites (N-methyl/N-ethyl adjacent to an activating group) is 1. The molecule has 0 aliphatic carbocycles. The van der Waals surface area contributed by atoms with E-state index >= 15 is 0 Å². The molecule has 0 saturated carbocycles. The van der Waals surface area contributed by atoms with Crippen LogP contribution in [0.25, 0.3) is 10.2 Å². The molecule has 0 aromatic carbocycles. The number of carbonyl (C=O) groups excluding carboxylic acids is 1. The summed E-state index contributed by atoms with van der Waals surface area (Å²) >= 11 is 1.21. The van der Waals surface area contributed by atoms with E-state index in [2.05, 4.69) is 10.2 Å². The summed E-state index contributed by atoms with van der Waals surface area (Å²) in [7, 11) is 1.62. The average molecular weight is 252 g/mol. The normalized spacial score (nSPS) is 10.7. The van der Waals surface area contributed by atoms with Crippen LogP contribution in [0.5, 0.6) is 0 Å². The lowest BCUT2D eigenvalue weighted by Gasteiger charge is -2.14. The Morgan fingerprint density at radius 1 is 1.65 bits per heavy atom. The Bertz CT molecular complexity index is 554. The van der Waals surface area contributed by atoms with Gasteiger partial charge in [-0.3, -0.25) is 4.79 Å². The van der Waals surface area contributed by atoms with Crippen molar-refractivity contribution < 1.29 is 9.90 Å². The zero-order chi connectivity index (χ0) is 12.4. The van der Waals surface area contributed by atoms with Gasteiger partial charge in [0.05, 0.1) is 18.5 Å². The van der Waals surface area contributed by atoms with Crippen LogP contribution in [-0.4, -0.2) is 46.3 Å². The Hall–Kier alpha value is -1.73. The molecule has 2 heterocycles. The lowest BCUT2D eigenvalue weighted by molar-refractivity contribution is 0.0772. The standard InChI is InChI=1S/C10H12N4O2S/c1-14(4-5-15)10(16)8-7(11)6-2-3-12-13-9(6)17-8/h2-3,15H,4-5,11H2,1H3. The van der Waals surface area contributed by atoms with E-state index in [0.29, 0.717) is 15.4 Å². The minimum absolute atomic E-state index is 0.0765. The molecule has 0 atom stereocenters. The van der Waals surface area contributed by atoms with Crippen molar-refractivity contribution in [2.45, 2.75) is 0 Å². The fraction of sp³-hybridized carbons (Fsp3) is 0.300. The Morgan fingerprint density at radius 3 is 3.06 bits per heavy atom. The molecule has 0 bridgehead atoms. The van der Waals surface area contributed by atoms with E-state index in [9.17, 15) is 4.79 Å². The largest absolute Gasteiger partial charge is 0.397 e. The number of carbonyl (C=O) groups is 1. The summed E-state index contributed by atoms with van der Waals surface area (Å²) in [6.45, 7) is 0.199. The van der Waals surface area contributed by atoms with Gasteiger partial charge < -0.3 is 15.7 Å². The number of hydrogen-bond donors (Lipinski definition) is 2. The third-order valence-electron chi connectivity index (χ3n) is 2.40. The molecule has 0 aliphatic rings. The third kappa shape index (κ3) is 2.06. The second kappa shape index (κ2) is 4.64. The highest BCUT2D eigenvalue weighted by molar-refractivity contribution is 7.21.